The molecule has 4 atom stereocenters. The number of aliphatic carboxylic acids is 1. The highest BCUT2D eigenvalue weighted by molar-refractivity contribution is 7.10. The number of amides is 2. The summed E-state index contributed by atoms with van der Waals surface area (Å²) in [7, 11) is 0. The molecule has 2 saturated heterocycles. The highest BCUT2D eigenvalue weighted by Crippen LogP contribution is 2.53. The summed E-state index contributed by atoms with van der Waals surface area (Å²) in [5.74, 6) is -3.11. The van der Waals surface area contributed by atoms with Gasteiger partial charge in [0, 0.05) is 4.88 Å². The van der Waals surface area contributed by atoms with E-state index in [0.717, 1.165) is 36.1 Å². The first-order valence-electron chi connectivity index (χ1n) is 11.4. The zero-order valence-electron chi connectivity index (χ0n) is 18.1. The predicted molar refractivity (Wildman–Crippen MR) is 122 cm³/mol. The first-order chi connectivity index (χ1) is 15.4. The van der Waals surface area contributed by atoms with Crippen molar-refractivity contribution >= 4 is 34.8 Å². The average molecular weight is 453 g/mol. The van der Waals surface area contributed by atoms with Crippen LogP contribution in [-0.2, 0) is 14.4 Å². The van der Waals surface area contributed by atoms with Crippen molar-refractivity contribution in [3.05, 3.63) is 52.2 Å². The minimum atomic E-state index is -1.44. The van der Waals surface area contributed by atoms with Crippen LogP contribution in [0, 0.1) is 24.7 Å². The van der Waals surface area contributed by atoms with E-state index in [4.69, 9.17) is 0 Å². The number of nitrogens with one attached hydrogen (secondary N) is 1. The second-order valence-corrected chi connectivity index (χ2v) is 10.4. The number of thiophene rings is 1. The van der Waals surface area contributed by atoms with Gasteiger partial charge in [0.2, 0.25) is 11.8 Å². The van der Waals surface area contributed by atoms with E-state index in [2.05, 4.69) is 5.32 Å². The van der Waals surface area contributed by atoms with Crippen molar-refractivity contribution in [1.29, 1.82) is 0 Å². The maximum Gasteiger partial charge on any atom is 0.324 e. The third-order valence-corrected chi connectivity index (χ3v) is 8.53. The van der Waals surface area contributed by atoms with Crippen molar-refractivity contribution in [3.8, 4) is 0 Å². The minimum Gasteiger partial charge on any atom is -0.480 e. The Bertz CT molecular complexity index is 1050. The van der Waals surface area contributed by atoms with Gasteiger partial charge in [0.25, 0.3) is 0 Å². The van der Waals surface area contributed by atoms with E-state index in [1.165, 1.54) is 22.7 Å². The largest absolute Gasteiger partial charge is 0.480 e. The van der Waals surface area contributed by atoms with E-state index >= 15 is 0 Å². The zero-order chi connectivity index (χ0) is 22.5. The van der Waals surface area contributed by atoms with Crippen LogP contribution in [0.4, 0.5) is 5.69 Å². The predicted octanol–water partition coefficient (Wildman–Crippen LogP) is 4.30. The Morgan fingerprint density at radius 2 is 1.88 bits per heavy atom. The second kappa shape index (κ2) is 8.12. The van der Waals surface area contributed by atoms with Crippen LogP contribution in [0.25, 0.3) is 0 Å². The van der Waals surface area contributed by atoms with Gasteiger partial charge >= 0.3 is 5.97 Å². The molecule has 2 N–H and O–H groups in total. The van der Waals surface area contributed by atoms with Crippen LogP contribution in [0.15, 0.2) is 41.8 Å². The molecule has 7 heteroatoms. The summed E-state index contributed by atoms with van der Waals surface area (Å²) in [5, 5.41) is 15.8. The van der Waals surface area contributed by atoms with Crippen molar-refractivity contribution in [2.45, 2.75) is 57.0 Å². The number of fused-ring (bicyclic) bond motifs is 1. The number of rotatable bonds is 5. The molecule has 1 saturated carbocycles. The monoisotopic (exact) mass is 452 g/mol. The summed E-state index contributed by atoms with van der Waals surface area (Å²) in [6.45, 7) is 1.87. The molecule has 1 aromatic heterocycles. The maximum atomic E-state index is 13.8. The minimum absolute atomic E-state index is 0.241. The summed E-state index contributed by atoms with van der Waals surface area (Å²) in [6.07, 6.45) is 5.68. The summed E-state index contributed by atoms with van der Waals surface area (Å²) in [5.41, 5.74) is -0.0623. The lowest BCUT2D eigenvalue weighted by molar-refractivity contribution is -0.150. The molecule has 4 unspecified atom stereocenters. The van der Waals surface area contributed by atoms with Crippen LogP contribution in [0.2, 0.25) is 0 Å². The number of carboxylic acids is 1. The van der Waals surface area contributed by atoms with E-state index in [0.29, 0.717) is 12.1 Å². The lowest BCUT2D eigenvalue weighted by atomic mass is 9.72. The molecule has 3 aliphatic rings. The van der Waals surface area contributed by atoms with E-state index in [1.807, 2.05) is 36.6 Å². The number of nitrogens with zero attached hydrogens (tertiary/aromatic N) is 1. The van der Waals surface area contributed by atoms with Crippen molar-refractivity contribution < 1.29 is 19.5 Å². The highest BCUT2D eigenvalue weighted by Gasteiger charge is 2.69. The number of anilines is 1. The first-order valence-corrected chi connectivity index (χ1v) is 12.3. The molecule has 1 aliphatic carbocycles. The molecule has 3 fully saturated rings. The Morgan fingerprint density at radius 1 is 1.12 bits per heavy atom. The Labute approximate surface area is 191 Å². The van der Waals surface area contributed by atoms with Crippen molar-refractivity contribution in [2.24, 2.45) is 17.8 Å². The fourth-order valence-electron chi connectivity index (χ4n) is 6.08. The van der Waals surface area contributed by atoms with Gasteiger partial charge in [-0.05, 0) is 42.3 Å². The van der Waals surface area contributed by atoms with Crippen LogP contribution in [-0.4, -0.2) is 28.4 Å². The Hall–Kier alpha value is -2.51. The summed E-state index contributed by atoms with van der Waals surface area (Å²) in [6, 6.07) is 10.6. The van der Waals surface area contributed by atoms with Crippen molar-refractivity contribution in [1.82, 2.24) is 5.32 Å². The number of imide groups is 1. The smallest absolute Gasteiger partial charge is 0.324 e. The molecule has 3 heterocycles. The van der Waals surface area contributed by atoms with Crippen LogP contribution >= 0.6 is 11.3 Å². The number of carbonyl (C=O) groups is 3. The number of benzene rings is 1. The highest BCUT2D eigenvalue weighted by atomic mass is 32.1. The van der Waals surface area contributed by atoms with Gasteiger partial charge in [-0.3, -0.25) is 19.7 Å². The van der Waals surface area contributed by atoms with E-state index in [1.54, 1.807) is 12.1 Å². The van der Waals surface area contributed by atoms with Crippen LogP contribution in [0.1, 0.15) is 55.0 Å². The van der Waals surface area contributed by atoms with E-state index in [9.17, 15) is 19.5 Å². The molecule has 32 heavy (non-hydrogen) atoms. The third kappa shape index (κ3) is 3.21. The molecule has 2 aromatic rings. The standard InChI is InChI=1S/C25H28N2O4S/c1-15-8-5-6-11-17(15)27-22(28)19-20(23(27)29)25(24(30)31,14-16-9-3-2-4-10-16)26-21(19)18-12-7-13-32-18/h5-8,11-13,16,19-21,26H,2-4,9-10,14H2,1H3,(H,30,31). The molecule has 5 rings (SSSR count). The quantitative estimate of drug-likeness (QED) is 0.661. The van der Waals surface area contributed by atoms with Crippen LogP contribution in [0.5, 0.6) is 0 Å². The topological polar surface area (TPSA) is 86.7 Å². The number of carboxylic acid groups (broad SMARTS) is 1. The maximum absolute atomic E-state index is 13.8. The molecule has 6 nitrogen and oxygen atoms in total. The molecule has 2 aliphatic heterocycles. The molecular formula is C25H28N2O4S. The fraction of sp³-hybridized carbons (Fsp3) is 0.480. The van der Waals surface area contributed by atoms with Crippen molar-refractivity contribution in [3.63, 3.8) is 0 Å². The number of hydrogen-bond donors (Lipinski definition) is 2. The SMILES string of the molecule is Cc1ccccc1N1C(=O)C2C(c3cccs3)NC(CC3CCCCC3)(C(=O)O)C2C1=O. The number of carbonyl (C=O) groups excluding carboxylic acids is 2. The Morgan fingerprint density at radius 3 is 2.53 bits per heavy atom. The normalized spacial score (nSPS) is 30.7. The first kappa shape index (κ1) is 21.3. The third-order valence-electron chi connectivity index (χ3n) is 7.58. The van der Waals surface area contributed by atoms with Crippen LogP contribution in [0.3, 0.4) is 0 Å². The molecule has 1 aromatic carbocycles. The van der Waals surface area contributed by atoms with Gasteiger partial charge in [0.05, 0.1) is 23.6 Å². The van der Waals surface area contributed by atoms with Gasteiger partial charge in [-0.2, -0.15) is 0 Å². The van der Waals surface area contributed by atoms with Gasteiger partial charge in [-0.1, -0.05) is 56.4 Å². The molecule has 0 radical (unpaired) electrons. The van der Waals surface area contributed by atoms with Gasteiger partial charge in [0.1, 0.15) is 5.54 Å². The van der Waals surface area contributed by atoms with Gasteiger partial charge < -0.3 is 5.11 Å². The van der Waals surface area contributed by atoms with Gasteiger partial charge in [-0.25, -0.2) is 4.90 Å². The molecule has 168 valence electrons. The summed E-state index contributed by atoms with van der Waals surface area (Å²) in [4.78, 5) is 42.6. The number of hydrogen-bond acceptors (Lipinski definition) is 5. The average Bonchev–Trinajstić information content (AvgIpc) is 3.48. The summed E-state index contributed by atoms with van der Waals surface area (Å²) < 4.78 is 0. The van der Waals surface area contributed by atoms with E-state index < -0.39 is 29.4 Å². The summed E-state index contributed by atoms with van der Waals surface area (Å²) >= 11 is 1.49. The lowest BCUT2D eigenvalue weighted by Gasteiger charge is -2.35. The number of aryl methyl sites for hydroxylation is 1. The second-order valence-electron chi connectivity index (χ2n) is 9.42. The van der Waals surface area contributed by atoms with Crippen molar-refractivity contribution in [2.75, 3.05) is 4.90 Å². The van der Waals surface area contributed by atoms with Gasteiger partial charge in [-0.15, -0.1) is 11.3 Å². The lowest BCUT2D eigenvalue weighted by Crippen LogP contribution is -2.57. The van der Waals surface area contributed by atoms with Gasteiger partial charge in [0.15, 0.2) is 0 Å². The molecule has 0 spiro atoms. The zero-order valence-corrected chi connectivity index (χ0v) is 18.9. The molecule has 0 bridgehead atoms. The Kier molecular flexibility index (Phi) is 5.42. The Balaban J connectivity index is 1.61. The van der Waals surface area contributed by atoms with Crippen LogP contribution < -0.4 is 10.2 Å². The fourth-order valence-corrected chi connectivity index (χ4v) is 6.91. The number of para-hydroxylation sites is 1. The van der Waals surface area contributed by atoms with E-state index in [-0.39, 0.29) is 17.7 Å². The molecule has 2 amide bonds. The molecular weight excluding hydrogens is 424 g/mol.